The van der Waals surface area contributed by atoms with Gasteiger partial charge in [0.25, 0.3) is 5.69 Å². The van der Waals surface area contributed by atoms with Crippen LogP contribution in [0.3, 0.4) is 0 Å². The highest BCUT2D eigenvalue weighted by Gasteiger charge is 2.16. The van der Waals surface area contributed by atoms with Crippen molar-refractivity contribution in [1.82, 2.24) is 10.2 Å². The van der Waals surface area contributed by atoms with Gasteiger partial charge in [0.15, 0.2) is 0 Å². The summed E-state index contributed by atoms with van der Waals surface area (Å²) in [5, 5.41) is 14.1. The Labute approximate surface area is 120 Å². The molecule has 1 atom stereocenters. The first-order chi connectivity index (χ1) is 9.69. The summed E-state index contributed by atoms with van der Waals surface area (Å²) >= 11 is 0. The molecular weight excluding hydrogens is 254 g/mol. The van der Waals surface area contributed by atoms with E-state index in [1.807, 2.05) is 12.1 Å². The van der Waals surface area contributed by atoms with Gasteiger partial charge in [-0.05, 0) is 44.0 Å². The molecule has 0 amide bonds. The van der Waals surface area contributed by atoms with Gasteiger partial charge in [0.05, 0.1) is 4.92 Å². The molecule has 0 bridgehead atoms. The maximum absolute atomic E-state index is 10.6. The predicted molar refractivity (Wildman–Crippen MR) is 79.6 cm³/mol. The van der Waals surface area contributed by atoms with Crippen molar-refractivity contribution in [3.63, 3.8) is 0 Å². The molecule has 1 aromatic carbocycles. The molecule has 0 radical (unpaired) electrons. The summed E-state index contributed by atoms with van der Waals surface area (Å²) in [6.45, 7) is 7.39. The normalized spacial score (nSPS) is 19.2. The molecule has 2 rings (SSSR count). The van der Waals surface area contributed by atoms with E-state index in [0.717, 1.165) is 44.2 Å². The van der Waals surface area contributed by atoms with E-state index < -0.39 is 0 Å². The number of nitrogens with one attached hydrogen (secondary N) is 1. The topological polar surface area (TPSA) is 58.4 Å². The van der Waals surface area contributed by atoms with Gasteiger partial charge in [-0.2, -0.15) is 0 Å². The van der Waals surface area contributed by atoms with Crippen LogP contribution in [0.25, 0.3) is 0 Å². The lowest BCUT2D eigenvalue weighted by molar-refractivity contribution is -0.384. The van der Waals surface area contributed by atoms with Crippen LogP contribution in [-0.4, -0.2) is 36.0 Å². The zero-order valence-electron chi connectivity index (χ0n) is 12.0. The van der Waals surface area contributed by atoms with E-state index in [9.17, 15) is 10.1 Å². The first-order valence-corrected chi connectivity index (χ1v) is 7.35. The van der Waals surface area contributed by atoms with Crippen LogP contribution in [0.4, 0.5) is 5.69 Å². The number of nitro groups is 1. The van der Waals surface area contributed by atoms with Crippen molar-refractivity contribution in [2.24, 2.45) is 5.92 Å². The van der Waals surface area contributed by atoms with Gasteiger partial charge in [-0.1, -0.05) is 19.1 Å². The van der Waals surface area contributed by atoms with Crippen LogP contribution in [0.2, 0.25) is 0 Å². The van der Waals surface area contributed by atoms with E-state index in [1.54, 1.807) is 12.1 Å². The minimum absolute atomic E-state index is 0.160. The van der Waals surface area contributed by atoms with Crippen molar-refractivity contribution in [2.75, 3.05) is 26.2 Å². The fraction of sp³-hybridized carbons (Fsp3) is 0.600. The number of nitrogens with zero attached hydrogens (tertiary/aromatic N) is 2. The molecule has 1 aliphatic heterocycles. The van der Waals surface area contributed by atoms with Gasteiger partial charge in [0, 0.05) is 25.2 Å². The third-order valence-corrected chi connectivity index (χ3v) is 3.92. The summed E-state index contributed by atoms with van der Waals surface area (Å²) in [5.41, 5.74) is 1.30. The molecule has 1 aromatic rings. The molecule has 5 nitrogen and oxygen atoms in total. The number of hydrogen-bond donors (Lipinski definition) is 1. The molecule has 1 heterocycles. The lowest BCUT2D eigenvalue weighted by Crippen LogP contribution is -2.38. The zero-order chi connectivity index (χ0) is 14.4. The highest BCUT2D eigenvalue weighted by molar-refractivity contribution is 5.32. The summed E-state index contributed by atoms with van der Waals surface area (Å²) in [4.78, 5) is 12.7. The van der Waals surface area contributed by atoms with Crippen LogP contribution in [0.1, 0.15) is 25.3 Å². The second kappa shape index (κ2) is 7.36. The molecule has 1 fully saturated rings. The van der Waals surface area contributed by atoms with E-state index >= 15 is 0 Å². The molecular formula is C15H23N3O2. The summed E-state index contributed by atoms with van der Waals surface area (Å²) in [5.74, 6) is 0.724. The average Bonchev–Trinajstić information content (AvgIpc) is 2.48. The highest BCUT2D eigenvalue weighted by Crippen LogP contribution is 2.16. The van der Waals surface area contributed by atoms with Gasteiger partial charge in [-0.3, -0.25) is 15.0 Å². The van der Waals surface area contributed by atoms with Crippen molar-refractivity contribution in [1.29, 1.82) is 0 Å². The summed E-state index contributed by atoms with van der Waals surface area (Å²) in [7, 11) is 0. The molecule has 1 saturated heterocycles. The Kier molecular flexibility index (Phi) is 5.49. The Hall–Kier alpha value is -1.46. The molecule has 110 valence electrons. The Balaban J connectivity index is 1.89. The van der Waals surface area contributed by atoms with Crippen molar-refractivity contribution < 1.29 is 4.92 Å². The third-order valence-electron chi connectivity index (χ3n) is 3.92. The van der Waals surface area contributed by atoms with Crippen molar-refractivity contribution >= 4 is 5.69 Å². The van der Waals surface area contributed by atoms with Crippen LogP contribution in [0.15, 0.2) is 24.3 Å². The predicted octanol–water partition coefficient (Wildman–Crippen LogP) is 2.42. The number of nitro benzene ring substituents is 1. The quantitative estimate of drug-likeness (QED) is 0.641. The minimum atomic E-state index is -0.352. The Morgan fingerprint density at radius 3 is 2.70 bits per heavy atom. The molecule has 0 saturated carbocycles. The zero-order valence-corrected chi connectivity index (χ0v) is 12.0. The van der Waals surface area contributed by atoms with Crippen LogP contribution < -0.4 is 5.32 Å². The summed E-state index contributed by atoms with van der Waals surface area (Å²) < 4.78 is 0. The van der Waals surface area contributed by atoms with E-state index in [4.69, 9.17) is 0 Å². The fourth-order valence-corrected chi connectivity index (χ4v) is 2.73. The molecule has 1 unspecified atom stereocenters. The largest absolute Gasteiger partial charge is 0.316 e. The smallest absolute Gasteiger partial charge is 0.269 e. The second-order valence-electron chi connectivity index (χ2n) is 5.46. The monoisotopic (exact) mass is 277 g/mol. The Bertz CT molecular complexity index is 427. The second-order valence-corrected chi connectivity index (χ2v) is 5.46. The first-order valence-electron chi connectivity index (χ1n) is 7.35. The van der Waals surface area contributed by atoms with Gasteiger partial charge >= 0.3 is 0 Å². The first kappa shape index (κ1) is 14.9. The third kappa shape index (κ3) is 4.28. The van der Waals surface area contributed by atoms with E-state index in [0.29, 0.717) is 0 Å². The Morgan fingerprint density at radius 1 is 1.40 bits per heavy atom. The SMILES string of the molecule is CCN(Cc1ccc([N+](=O)[O-])cc1)CC1CCCNC1. The van der Waals surface area contributed by atoms with Crippen LogP contribution >= 0.6 is 0 Å². The van der Waals surface area contributed by atoms with Crippen molar-refractivity contribution in [3.05, 3.63) is 39.9 Å². The summed E-state index contributed by atoms with van der Waals surface area (Å²) in [6, 6.07) is 6.90. The lowest BCUT2D eigenvalue weighted by Gasteiger charge is -2.29. The maximum atomic E-state index is 10.6. The molecule has 1 aliphatic rings. The standard InChI is InChI=1S/C15H23N3O2/c1-2-17(12-14-4-3-9-16-10-14)11-13-5-7-15(8-6-13)18(19)20/h5-8,14,16H,2-4,9-12H2,1H3. The van der Waals surface area contributed by atoms with Gasteiger partial charge in [0.1, 0.15) is 0 Å². The number of hydrogen-bond acceptors (Lipinski definition) is 4. The molecule has 1 N–H and O–H groups in total. The molecule has 0 spiro atoms. The van der Waals surface area contributed by atoms with Crippen LogP contribution in [-0.2, 0) is 6.54 Å². The van der Waals surface area contributed by atoms with E-state index in [-0.39, 0.29) is 10.6 Å². The number of benzene rings is 1. The van der Waals surface area contributed by atoms with Gasteiger partial charge in [0.2, 0.25) is 0 Å². The van der Waals surface area contributed by atoms with Crippen molar-refractivity contribution in [3.8, 4) is 0 Å². The number of rotatable bonds is 6. The molecule has 0 aliphatic carbocycles. The number of piperidine rings is 1. The fourth-order valence-electron chi connectivity index (χ4n) is 2.73. The van der Waals surface area contributed by atoms with E-state index in [2.05, 4.69) is 17.1 Å². The van der Waals surface area contributed by atoms with Crippen molar-refractivity contribution in [2.45, 2.75) is 26.3 Å². The molecule has 20 heavy (non-hydrogen) atoms. The van der Waals surface area contributed by atoms with Gasteiger partial charge in [-0.25, -0.2) is 0 Å². The molecule has 5 heteroatoms. The van der Waals surface area contributed by atoms with Gasteiger partial charge < -0.3 is 5.32 Å². The highest BCUT2D eigenvalue weighted by atomic mass is 16.6. The lowest BCUT2D eigenvalue weighted by atomic mass is 9.99. The Morgan fingerprint density at radius 2 is 2.15 bits per heavy atom. The maximum Gasteiger partial charge on any atom is 0.269 e. The molecule has 0 aromatic heterocycles. The number of non-ortho nitro benzene ring substituents is 1. The summed E-state index contributed by atoms with van der Waals surface area (Å²) in [6.07, 6.45) is 2.56. The van der Waals surface area contributed by atoms with Crippen LogP contribution in [0, 0.1) is 16.0 Å². The average molecular weight is 277 g/mol. The van der Waals surface area contributed by atoms with Crippen LogP contribution in [0.5, 0.6) is 0 Å². The van der Waals surface area contributed by atoms with Gasteiger partial charge in [-0.15, -0.1) is 0 Å². The van der Waals surface area contributed by atoms with E-state index in [1.165, 1.54) is 12.8 Å². The minimum Gasteiger partial charge on any atom is -0.316 e.